The molecule has 0 spiro atoms. The zero-order valence-electron chi connectivity index (χ0n) is 10.5. The van der Waals surface area contributed by atoms with Gasteiger partial charge in [0.2, 0.25) is 0 Å². The molecular formula is C14H10N2O4. The quantitative estimate of drug-likeness (QED) is 0.440. The molecule has 6 heteroatoms. The van der Waals surface area contributed by atoms with Gasteiger partial charge in [-0.05, 0) is 18.2 Å². The minimum Gasteiger partial charge on any atom is -0.495 e. The molecule has 0 radical (unpaired) electrons. The first-order valence-corrected chi connectivity index (χ1v) is 5.89. The Morgan fingerprint density at radius 2 is 2.00 bits per heavy atom. The third-order valence-corrected chi connectivity index (χ3v) is 3.21. The molecule has 1 heterocycles. The number of nitrogens with one attached hydrogen (secondary N) is 1. The molecule has 0 saturated carbocycles. The maximum Gasteiger partial charge on any atom is 0.270 e. The van der Waals surface area contributed by atoms with Crippen molar-refractivity contribution in [2.24, 2.45) is 0 Å². The summed E-state index contributed by atoms with van der Waals surface area (Å²) in [4.78, 5) is 25.8. The first-order valence-electron chi connectivity index (χ1n) is 5.89. The van der Waals surface area contributed by atoms with Crippen LogP contribution in [-0.2, 0) is 0 Å². The molecule has 3 aromatic rings. The summed E-state index contributed by atoms with van der Waals surface area (Å²) in [6.07, 6.45) is 0. The number of benzene rings is 2. The third-order valence-electron chi connectivity index (χ3n) is 3.21. The van der Waals surface area contributed by atoms with E-state index in [0.29, 0.717) is 27.6 Å². The van der Waals surface area contributed by atoms with E-state index in [2.05, 4.69) is 4.98 Å². The number of fused-ring (bicyclic) bond motifs is 2. The standard InChI is InChI=1S/C14H10N2O4/c1-20-12-4-2-3-9-13(12)15-11-6-5-8(16(18)19)7-10(11)14(9)17/h2-7H,1H3,(H,15,17). The van der Waals surface area contributed by atoms with Crippen molar-refractivity contribution in [3.8, 4) is 5.75 Å². The number of H-pyrrole nitrogens is 1. The lowest BCUT2D eigenvalue weighted by atomic mass is 10.1. The summed E-state index contributed by atoms with van der Waals surface area (Å²) in [5, 5.41) is 11.5. The number of rotatable bonds is 2. The molecule has 1 N–H and O–H groups in total. The fourth-order valence-corrected chi connectivity index (χ4v) is 2.24. The number of aromatic amines is 1. The minimum atomic E-state index is -0.519. The summed E-state index contributed by atoms with van der Waals surface area (Å²) in [6, 6.07) is 9.29. The minimum absolute atomic E-state index is 0.106. The molecule has 0 saturated heterocycles. The van der Waals surface area contributed by atoms with Gasteiger partial charge < -0.3 is 9.72 Å². The summed E-state index contributed by atoms with van der Waals surface area (Å²) >= 11 is 0. The van der Waals surface area contributed by atoms with Crippen molar-refractivity contribution in [1.29, 1.82) is 0 Å². The molecule has 0 bridgehead atoms. The fourth-order valence-electron chi connectivity index (χ4n) is 2.24. The number of hydrogen-bond donors (Lipinski definition) is 1. The largest absolute Gasteiger partial charge is 0.495 e. The Kier molecular flexibility index (Phi) is 2.64. The van der Waals surface area contributed by atoms with Crippen LogP contribution in [0.3, 0.4) is 0 Å². The molecule has 0 atom stereocenters. The highest BCUT2D eigenvalue weighted by molar-refractivity contribution is 5.95. The molecule has 1 aromatic heterocycles. The average molecular weight is 270 g/mol. The molecular weight excluding hydrogens is 260 g/mol. The lowest BCUT2D eigenvalue weighted by Crippen LogP contribution is -2.05. The molecule has 2 aromatic carbocycles. The molecule has 0 aliphatic rings. The number of ether oxygens (including phenoxy) is 1. The SMILES string of the molecule is COc1cccc2c(=O)c3cc([N+](=O)[O-])ccc3[nH]c12. The second-order valence-corrected chi connectivity index (χ2v) is 4.32. The molecule has 0 fully saturated rings. The predicted octanol–water partition coefficient (Wildman–Crippen LogP) is 2.60. The lowest BCUT2D eigenvalue weighted by molar-refractivity contribution is -0.384. The van der Waals surface area contributed by atoms with Gasteiger partial charge in [-0.1, -0.05) is 6.07 Å². The first kappa shape index (κ1) is 12.2. The lowest BCUT2D eigenvalue weighted by Gasteiger charge is -2.06. The molecule has 0 aliphatic carbocycles. The molecule has 0 aliphatic heterocycles. The van der Waals surface area contributed by atoms with E-state index in [0.717, 1.165) is 0 Å². The van der Waals surface area contributed by atoms with Crippen LogP contribution in [0.4, 0.5) is 5.69 Å². The molecule has 0 unspecified atom stereocenters. The van der Waals surface area contributed by atoms with Crippen molar-refractivity contribution in [3.05, 3.63) is 56.7 Å². The van der Waals surface area contributed by atoms with E-state index in [9.17, 15) is 14.9 Å². The number of nitrogens with zero attached hydrogens (tertiary/aromatic N) is 1. The highest BCUT2D eigenvalue weighted by atomic mass is 16.6. The van der Waals surface area contributed by atoms with E-state index in [1.165, 1.54) is 25.3 Å². The maximum absolute atomic E-state index is 12.4. The van der Waals surface area contributed by atoms with Gasteiger partial charge >= 0.3 is 0 Å². The number of aromatic nitrogens is 1. The number of nitro benzene ring substituents is 1. The number of para-hydroxylation sites is 1. The Labute approximate surface area is 112 Å². The molecule has 6 nitrogen and oxygen atoms in total. The summed E-state index contributed by atoms with van der Waals surface area (Å²) in [5.41, 5.74) is 0.764. The van der Waals surface area contributed by atoms with Crippen LogP contribution in [0.5, 0.6) is 5.75 Å². The molecule has 20 heavy (non-hydrogen) atoms. The third kappa shape index (κ3) is 1.70. The number of hydrogen-bond acceptors (Lipinski definition) is 4. The predicted molar refractivity (Wildman–Crippen MR) is 75.3 cm³/mol. The Bertz CT molecular complexity index is 899. The van der Waals surface area contributed by atoms with Crippen molar-refractivity contribution < 1.29 is 9.66 Å². The van der Waals surface area contributed by atoms with Gasteiger partial charge in [0.1, 0.15) is 5.75 Å². The molecule has 0 amide bonds. The van der Waals surface area contributed by atoms with Crippen LogP contribution >= 0.6 is 0 Å². The molecule has 3 rings (SSSR count). The van der Waals surface area contributed by atoms with Crippen molar-refractivity contribution in [2.45, 2.75) is 0 Å². The van der Waals surface area contributed by atoms with E-state index in [1.807, 2.05) is 0 Å². The van der Waals surface area contributed by atoms with Crippen LogP contribution < -0.4 is 10.2 Å². The van der Waals surface area contributed by atoms with Crippen molar-refractivity contribution >= 4 is 27.5 Å². The topological polar surface area (TPSA) is 85.2 Å². The van der Waals surface area contributed by atoms with Crippen molar-refractivity contribution in [3.63, 3.8) is 0 Å². The normalized spacial score (nSPS) is 10.8. The highest BCUT2D eigenvalue weighted by Crippen LogP contribution is 2.25. The van der Waals surface area contributed by atoms with Gasteiger partial charge in [0.15, 0.2) is 5.43 Å². The van der Waals surface area contributed by atoms with Crippen LogP contribution in [0.25, 0.3) is 21.8 Å². The maximum atomic E-state index is 12.4. The van der Waals surface area contributed by atoms with Crippen LogP contribution in [0, 0.1) is 10.1 Å². The van der Waals surface area contributed by atoms with E-state index in [4.69, 9.17) is 4.74 Å². The fraction of sp³-hybridized carbons (Fsp3) is 0.0714. The average Bonchev–Trinajstić information content (AvgIpc) is 2.46. The number of methoxy groups -OCH3 is 1. The Balaban J connectivity index is 2.47. The smallest absolute Gasteiger partial charge is 0.270 e. The zero-order chi connectivity index (χ0) is 14.3. The van der Waals surface area contributed by atoms with Crippen LogP contribution in [0.1, 0.15) is 0 Å². The highest BCUT2D eigenvalue weighted by Gasteiger charge is 2.12. The van der Waals surface area contributed by atoms with Crippen LogP contribution in [0.2, 0.25) is 0 Å². The van der Waals surface area contributed by atoms with Gasteiger partial charge in [-0.25, -0.2) is 0 Å². The van der Waals surface area contributed by atoms with Gasteiger partial charge in [-0.15, -0.1) is 0 Å². The first-order chi connectivity index (χ1) is 9.61. The van der Waals surface area contributed by atoms with Crippen LogP contribution in [-0.4, -0.2) is 17.0 Å². The zero-order valence-corrected chi connectivity index (χ0v) is 10.5. The van der Waals surface area contributed by atoms with E-state index in [1.54, 1.807) is 18.2 Å². The summed E-state index contributed by atoms with van der Waals surface area (Å²) in [7, 11) is 1.52. The second-order valence-electron chi connectivity index (χ2n) is 4.32. The number of non-ortho nitro benzene ring substituents is 1. The van der Waals surface area contributed by atoms with E-state index < -0.39 is 4.92 Å². The van der Waals surface area contributed by atoms with Gasteiger partial charge in [0, 0.05) is 17.5 Å². The van der Waals surface area contributed by atoms with Gasteiger partial charge in [-0.2, -0.15) is 0 Å². The second kappa shape index (κ2) is 4.34. The Morgan fingerprint density at radius 3 is 2.70 bits per heavy atom. The molecule has 100 valence electrons. The Hall–Kier alpha value is -2.89. The summed E-state index contributed by atoms with van der Waals surface area (Å²) < 4.78 is 5.21. The van der Waals surface area contributed by atoms with E-state index >= 15 is 0 Å². The van der Waals surface area contributed by atoms with E-state index in [-0.39, 0.29) is 11.1 Å². The van der Waals surface area contributed by atoms with Gasteiger partial charge in [0.05, 0.1) is 28.5 Å². The van der Waals surface area contributed by atoms with Gasteiger partial charge in [-0.3, -0.25) is 14.9 Å². The summed E-state index contributed by atoms with van der Waals surface area (Å²) in [6.45, 7) is 0. The summed E-state index contributed by atoms with van der Waals surface area (Å²) in [5.74, 6) is 0.555. The van der Waals surface area contributed by atoms with Gasteiger partial charge in [0.25, 0.3) is 5.69 Å². The number of pyridine rings is 1. The van der Waals surface area contributed by atoms with Crippen LogP contribution in [0.15, 0.2) is 41.2 Å². The van der Waals surface area contributed by atoms with Crippen molar-refractivity contribution in [2.75, 3.05) is 7.11 Å². The Morgan fingerprint density at radius 1 is 1.20 bits per heavy atom. The number of nitro groups is 1. The van der Waals surface area contributed by atoms with Crippen molar-refractivity contribution in [1.82, 2.24) is 4.98 Å². The monoisotopic (exact) mass is 270 g/mol.